The molecule has 3 N–H and O–H groups in total. The van der Waals surface area contributed by atoms with Crippen molar-refractivity contribution in [2.24, 2.45) is 5.84 Å². The summed E-state index contributed by atoms with van der Waals surface area (Å²) in [7, 11) is 0. The number of hydrogen-bond donors (Lipinski definition) is 2. The Hall–Kier alpha value is -1.56. The van der Waals surface area contributed by atoms with Crippen LogP contribution in [0.1, 0.15) is 28.6 Å². The largest absolute Gasteiger partial charge is 0.271 e. The van der Waals surface area contributed by atoms with Crippen molar-refractivity contribution in [1.29, 1.82) is 0 Å². The summed E-state index contributed by atoms with van der Waals surface area (Å²) in [6.45, 7) is 3.82. The van der Waals surface area contributed by atoms with Crippen LogP contribution in [0.15, 0.2) is 24.5 Å². The number of nitrogens with two attached hydrogens (primary N) is 1. The van der Waals surface area contributed by atoms with E-state index in [1.807, 2.05) is 26.0 Å². The first-order valence-corrected chi connectivity index (χ1v) is 6.35. The van der Waals surface area contributed by atoms with E-state index in [-0.39, 0.29) is 6.04 Å². The van der Waals surface area contributed by atoms with Crippen LogP contribution in [0, 0.1) is 13.8 Å². The highest BCUT2D eigenvalue weighted by molar-refractivity contribution is 6.31. The quantitative estimate of drug-likeness (QED) is 0.659. The zero-order chi connectivity index (χ0) is 13.8. The number of aryl methyl sites for hydroxylation is 2. The molecule has 0 aliphatic rings. The predicted molar refractivity (Wildman–Crippen MR) is 74.5 cm³/mol. The molecular formula is C13H16ClN5. The van der Waals surface area contributed by atoms with E-state index in [1.165, 1.54) is 0 Å². The third-order valence-corrected chi connectivity index (χ3v) is 3.34. The minimum Gasteiger partial charge on any atom is -0.271 e. The topological polar surface area (TPSA) is 76.7 Å². The lowest BCUT2D eigenvalue weighted by atomic mass is 9.99. The van der Waals surface area contributed by atoms with Crippen molar-refractivity contribution in [1.82, 2.24) is 20.6 Å². The second-order valence-electron chi connectivity index (χ2n) is 4.42. The highest BCUT2D eigenvalue weighted by Crippen LogP contribution is 2.23. The Bertz CT molecular complexity index is 573. The van der Waals surface area contributed by atoms with E-state index in [0.29, 0.717) is 11.4 Å². The van der Waals surface area contributed by atoms with Crippen molar-refractivity contribution in [3.63, 3.8) is 0 Å². The fourth-order valence-corrected chi connectivity index (χ4v) is 2.17. The molecule has 2 aromatic rings. The highest BCUT2D eigenvalue weighted by Gasteiger charge is 2.16. The predicted octanol–water partition coefficient (Wildman–Crippen LogP) is 1.89. The van der Waals surface area contributed by atoms with E-state index < -0.39 is 0 Å². The summed E-state index contributed by atoms with van der Waals surface area (Å²) in [5.74, 6) is 5.66. The van der Waals surface area contributed by atoms with Gasteiger partial charge in [0.2, 0.25) is 0 Å². The third-order valence-electron chi connectivity index (χ3n) is 3.00. The molecule has 5 nitrogen and oxygen atoms in total. The van der Waals surface area contributed by atoms with E-state index in [9.17, 15) is 0 Å². The molecule has 0 aliphatic heterocycles. The van der Waals surface area contributed by atoms with Gasteiger partial charge in [0, 0.05) is 12.4 Å². The molecular weight excluding hydrogens is 262 g/mol. The molecule has 100 valence electrons. The van der Waals surface area contributed by atoms with Crippen molar-refractivity contribution in [2.75, 3.05) is 0 Å². The van der Waals surface area contributed by atoms with E-state index >= 15 is 0 Å². The maximum atomic E-state index is 6.12. The van der Waals surface area contributed by atoms with Gasteiger partial charge in [-0.2, -0.15) is 10.2 Å². The van der Waals surface area contributed by atoms with Gasteiger partial charge in [0.05, 0.1) is 22.5 Å². The molecule has 0 bridgehead atoms. The van der Waals surface area contributed by atoms with Gasteiger partial charge in [0.25, 0.3) is 0 Å². The van der Waals surface area contributed by atoms with Crippen LogP contribution in [0.25, 0.3) is 0 Å². The van der Waals surface area contributed by atoms with E-state index in [1.54, 1.807) is 12.4 Å². The first kappa shape index (κ1) is 13.9. The second kappa shape index (κ2) is 6.06. The standard InChI is InChI=1S/C13H16ClN5/c1-8-5-11(9(2)19-18-8)13(17-15)6-10-3-4-16-7-12(10)14/h3-5,7,13,17H,6,15H2,1-2H3. The molecule has 0 amide bonds. The summed E-state index contributed by atoms with van der Waals surface area (Å²) in [5, 5.41) is 8.78. The van der Waals surface area contributed by atoms with Crippen LogP contribution < -0.4 is 11.3 Å². The lowest BCUT2D eigenvalue weighted by molar-refractivity contribution is 0.544. The Labute approximate surface area is 117 Å². The van der Waals surface area contributed by atoms with Gasteiger partial charge in [-0.3, -0.25) is 16.3 Å². The molecule has 6 heteroatoms. The fraction of sp³-hybridized carbons (Fsp3) is 0.308. The number of rotatable bonds is 4. The maximum absolute atomic E-state index is 6.12. The highest BCUT2D eigenvalue weighted by atomic mass is 35.5. The molecule has 2 aromatic heterocycles. The summed E-state index contributed by atoms with van der Waals surface area (Å²) in [6.07, 6.45) is 4.02. The fourth-order valence-electron chi connectivity index (χ4n) is 1.97. The number of halogens is 1. The number of hydrogen-bond acceptors (Lipinski definition) is 5. The maximum Gasteiger partial charge on any atom is 0.0648 e. The van der Waals surface area contributed by atoms with E-state index in [0.717, 1.165) is 22.5 Å². The Morgan fingerprint density at radius 1 is 1.37 bits per heavy atom. The van der Waals surface area contributed by atoms with Crippen molar-refractivity contribution >= 4 is 11.6 Å². The molecule has 0 aliphatic carbocycles. The van der Waals surface area contributed by atoms with E-state index in [2.05, 4.69) is 20.6 Å². The van der Waals surface area contributed by atoms with Gasteiger partial charge >= 0.3 is 0 Å². The normalized spacial score (nSPS) is 12.4. The van der Waals surface area contributed by atoms with Crippen LogP contribution in [-0.4, -0.2) is 15.2 Å². The van der Waals surface area contributed by atoms with E-state index in [4.69, 9.17) is 17.4 Å². The molecule has 2 rings (SSSR count). The molecule has 0 aromatic carbocycles. The lowest BCUT2D eigenvalue weighted by Gasteiger charge is -2.18. The Morgan fingerprint density at radius 3 is 2.84 bits per heavy atom. The van der Waals surface area contributed by atoms with Crippen LogP contribution in [0.4, 0.5) is 0 Å². The van der Waals surface area contributed by atoms with Crippen LogP contribution in [0.5, 0.6) is 0 Å². The Balaban J connectivity index is 2.30. The Kier molecular flexibility index (Phi) is 4.42. The van der Waals surface area contributed by atoms with Gasteiger partial charge < -0.3 is 0 Å². The molecule has 2 heterocycles. The van der Waals surface area contributed by atoms with Crippen molar-refractivity contribution in [3.05, 3.63) is 52.1 Å². The monoisotopic (exact) mass is 277 g/mol. The lowest BCUT2D eigenvalue weighted by Crippen LogP contribution is -2.30. The summed E-state index contributed by atoms with van der Waals surface area (Å²) in [5.41, 5.74) is 6.56. The van der Waals surface area contributed by atoms with Gasteiger partial charge in [-0.25, -0.2) is 0 Å². The van der Waals surface area contributed by atoms with Crippen molar-refractivity contribution in [3.8, 4) is 0 Å². The number of aromatic nitrogens is 3. The first-order chi connectivity index (χ1) is 9.11. The van der Waals surface area contributed by atoms with Gasteiger partial charge in [-0.1, -0.05) is 11.6 Å². The van der Waals surface area contributed by atoms with Gasteiger partial charge in [0.1, 0.15) is 0 Å². The minimum absolute atomic E-state index is 0.0610. The summed E-state index contributed by atoms with van der Waals surface area (Å²) in [4.78, 5) is 3.98. The van der Waals surface area contributed by atoms with Crippen molar-refractivity contribution < 1.29 is 0 Å². The SMILES string of the molecule is Cc1cc(C(Cc2ccncc2Cl)NN)c(C)nn1. The number of nitrogens with zero attached hydrogens (tertiary/aromatic N) is 3. The zero-order valence-electron chi connectivity index (χ0n) is 10.9. The molecule has 1 atom stereocenters. The molecule has 1 unspecified atom stereocenters. The second-order valence-corrected chi connectivity index (χ2v) is 4.82. The summed E-state index contributed by atoms with van der Waals surface area (Å²) < 4.78 is 0. The molecule has 0 radical (unpaired) electrons. The molecule has 0 saturated carbocycles. The van der Waals surface area contributed by atoms with Crippen LogP contribution in [0.3, 0.4) is 0 Å². The number of nitrogens with one attached hydrogen (secondary N) is 1. The average Bonchev–Trinajstić information content (AvgIpc) is 2.41. The number of hydrazine groups is 1. The molecule has 0 fully saturated rings. The van der Waals surface area contributed by atoms with Crippen LogP contribution >= 0.6 is 11.6 Å². The third kappa shape index (κ3) is 3.26. The van der Waals surface area contributed by atoms with Gasteiger partial charge in [-0.15, -0.1) is 0 Å². The van der Waals surface area contributed by atoms with Crippen LogP contribution in [-0.2, 0) is 6.42 Å². The molecule has 19 heavy (non-hydrogen) atoms. The van der Waals surface area contributed by atoms with Gasteiger partial charge in [-0.05, 0) is 43.5 Å². The Morgan fingerprint density at radius 2 is 2.16 bits per heavy atom. The van der Waals surface area contributed by atoms with Crippen molar-refractivity contribution in [2.45, 2.75) is 26.3 Å². The average molecular weight is 278 g/mol. The first-order valence-electron chi connectivity index (χ1n) is 5.97. The molecule has 0 spiro atoms. The smallest absolute Gasteiger partial charge is 0.0648 e. The summed E-state index contributed by atoms with van der Waals surface area (Å²) >= 11 is 6.12. The summed E-state index contributed by atoms with van der Waals surface area (Å²) in [6, 6.07) is 3.82. The van der Waals surface area contributed by atoms with Gasteiger partial charge in [0.15, 0.2) is 0 Å². The minimum atomic E-state index is -0.0610. The zero-order valence-corrected chi connectivity index (χ0v) is 11.6. The number of pyridine rings is 1. The molecule has 0 saturated heterocycles. The van der Waals surface area contributed by atoms with Crippen LogP contribution in [0.2, 0.25) is 5.02 Å².